The number of ether oxygens (including phenoxy) is 1. The smallest absolute Gasteiger partial charge is 0.243 e. The predicted octanol–water partition coefficient (Wildman–Crippen LogP) is 2.35. The fraction of sp³-hybridized carbons (Fsp3) is 0.435. The van der Waals surface area contributed by atoms with E-state index in [9.17, 15) is 26.0 Å². The summed E-state index contributed by atoms with van der Waals surface area (Å²) in [5.74, 6) is -0.763. The van der Waals surface area contributed by atoms with Crippen LogP contribution < -0.4 is 14.4 Å². The number of rotatable bonds is 10. The first-order chi connectivity index (χ1) is 16.5. The number of halogens is 1. The second kappa shape index (κ2) is 11.4. The largest absolute Gasteiger partial charge is 0.492 e. The Kier molecular flexibility index (Phi) is 8.73. The Labute approximate surface area is 206 Å². The molecular weight excluding hydrogens is 497 g/mol. The Morgan fingerprint density at radius 3 is 2.34 bits per heavy atom. The summed E-state index contributed by atoms with van der Waals surface area (Å²) in [6, 6.07) is 9.96. The van der Waals surface area contributed by atoms with Crippen molar-refractivity contribution in [1.82, 2.24) is 9.62 Å². The van der Waals surface area contributed by atoms with E-state index in [-0.39, 0.29) is 23.7 Å². The molecule has 0 aromatic heterocycles. The van der Waals surface area contributed by atoms with Crippen molar-refractivity contribution >= 4 is 31.6 Å². The maximum absolute atomic E-state index is 13.6. The van der Waals surface area contributed by atoms with Gasteiger partial charge in [-0.25, -0.2) is 21.2 Å². The lowest BCUT2D eigenvalue weighted by Gasteiger charge is -2.28. The van der Waals surface area contributed by atoms with Crippen LogP contribution in [0.1, 0.15) is 26.2 Å². The number of anilines is 1. The first-order valence-electron chi connectivity index (χ1n) is 11.3. The van der Waals surface area contributed by atoms with Gasteiger partial charge < -0.3 is 10.1 Å². The minimum Gasteiger partial charge on any atom is -0.492 e. The first kappa shape index (κ1) is 26.9. The van der Waals surface area contributed by atoms with Crippen LogP contribution in [-0.2, 0) is 24.8 Å². The maximum atomic E-state index is 13.6. The van der Waals surface area contributed by atoms with Crippen LogP contribution in [0.3, 0.4) is 0 Å². The molecule has 2 aromatic carbocycles. The van der Waals surface area contributed by atoms with Gasteiger partial charge in [0.2, 0.25) is 26.0 Å². The number of sulfonamides is 2. The normalized spacial score (nSPS) is 15.9. The number of nitrogens with zero attached hydrogens (tertiary/aromatic N) is 2. The van der Waals surface area contributed by atoms with E-state index < -0.39 is 37.8 Å². The molecule has 3 rings (SSSR count). The highest BCUT2D eigenvalue weighted by atomic mass is 32.2. The van der Waals surface area contributed by atoms with Crippen LogP contribution in [0.5, 0.6) is 5.75 Å². The molecule has 0 spiro atoms. The molecule has 1 amide bonds. The summed E-state index contributed by atoms with van der Waals surface area (Å²) in [6.07, 6.45) is 3.69. The van der Waals surface area contributed by atoms with Gasteiger partial charge >= 0.3 is 0 Å². The summed E-state index contributed by atoms with van der Waals surface area (Å²) in [5.41, 5.74) is 0.0472. The standard InChI is InChI=1S/C23H30FN3O6S2/c1-18(27(34(2,29)30)20-8-6-7-19(24)17-20)23(28)25-13-16-33-21-9-11-22(12-10-21)35(31,32)26-14-4-3-5-15-26/h6-12,17-18H,3-5,13-16H2,1-2H3,(H,25,28). The van der Waals surface area contributed by atoms with Gasteiger partial charge in [0, 0.05) is 13.1 Å². The third-order valence-electron chi connectivity index (χ3n) is 5.60. The fourth-order valence-corrected chi connectivity index (χ4v) is 6.56. The van der Waals surface area contributed by atoms with E-state index in [0.717, 1.165) is 35.9 Å². The average molecular weight is 528 g/mol. The molecule has 1 unspecified atom stereocenters. The van der Waals surface area contributed by atoms with E-state index in [0.29, 0.717) is 18.8 Å². The number of hydrogen-bond acceptors (Lipinski definition) is 6. The molecule has 0 radical (unpaired) electrons. The molecule has 1 aliphatic rings. The Morgan fingerprint density at radius 1 is 1.09 bits per heavy atom. The van der Waals surface area contributed by atoms with Gasteiger partial charge in [-0.3, -0.25) is 9.10 Å². The minimum atomic E-state index is -3.86. The van der Waals surface area contributed by atoms with E-state index in [2.05, 4.69) is 5.32 Å². The van der Waals surface area contributed by atoms with Crippen LogP contribution in [0.15, 0.2) is 53.4 Å². The second-order valence-corrected chi connectivity index (χ2v) is 12.1. The van der Waals surface area contributed by atoms with Gasteiger partial charge in [-0.1, -0.05) is 12.5 Å². The Hall–Kier alpha value is -2.70. The molecule has 1 aliphatic heterocycles. The molecule has 0 aliphatic carbocycles. The average Bonchev–Trinajstić information content (AvgIpc) is 2.82. The van der Waals surface area contributed by atoms with Crippen molar-refractivity contribution in [2.75, 3.05) is 36.8 Å². The SMILES string of the molecule is CC(C(=O)NCCOc1ccc(S(=O)(=O)N2CCCCC2)cc1)N(c1cccc(F)c1)S(C)(=O)=O. The van der Waals surface area contributed by atoms with Crippen LogP contribution in [0, 0.1) is 5.82 Å². The molecule has 9 nitrogen and oxygen atoms in total. The summed E-state index contributed by atoms with van der Waals surface area (Å²) in [5, 5.41) is 2.60. The second-order valence-electron chi connectivity index (χ2n) is 8.29. The number of carbonyl (C=O) groups excluding carboxylic acids is 1. The van der Waals surface area contributed by atoms with Crippen molar-refractivity contribution in [2.45, 2.75) is 37.1 Å². The lowest BCUT2D eigenvalue weighted by Crippen LogP contribution is -2.48. The van der Waals surface area contributed by atoms with E-state index in [1.165, 1.54) is 41.6 Å². The molecular formula is C23H30FN3O6S2. The molecule has 1 heterocycles. The van der Waals surface area contributed by atoms with Crippen molar-refractivity contribution in [3.8, 4) is 5.75 Å². The summed E-state index contributed by atoms with van der Waals surface area (Å²) in [7, 11) is -7.38. The van der Waals surface area contributed by atoms with Gasteiger partial charge in [-0.2, -0.15) is 4.31 Å². The van der Waals surface area contributed by atoms with Gasteiger partial charge in [0.05, 0.1) is 23.4 Å². The van der Waals surface area contributed by atoms with Gasteiger partial charge in [0.15, 0.2) is 0 Å². The first-order valence-corrected chi connectivity index (χ1v) is 14.5. The molecule has 1 atom stereocenters. The van der Waals surface area contributed by atoms with Crippen molar-refractivity contribution in [2.24, 2.45) is 0 Å². The highest BCUT2D eigenvalue weighted by Gasteiger charge is 2.29. The van der Waals surface area contributed by atoms with Crippen molar-refractivity contribution in [1.29, 1.82) is 0 Å². The number of nitrogens with one attached hydrogen (secondary N) is 1. The Bertz CT molecular complexity index is 1230. The van der Waals surface area contributed by atoms with Crippen molar-refractivity contribution in [3.63, 3.8) is 0 Å². The quantitative estimate of drug-likeness (QED) is 0.475. The van der Waals surface area contributed by atoms with E-state index >= 15 is 0 Å². The molecule has 0 bridgehead atoms. The van der Waals surface area contributed by atoms with Gasteiger partial charge in [0.1, 0.15) is 24.2 Å². The van der Waals surface area contributed by atoms with Crippen molar-refractivity contribution in [3.05, 3.63) is 54.3 Å². The van der Waals surface area contributed by atoms with Crippen LogP contribution in [0.4, 0.5) is 10.1 Å². The maximum Gasteiger partial charge on any atom is 0.243 e. The summed E-state index contributed by atoms with van der Waals surface area (Å²) < 4.78 is 71.5. The zero-order valence-corrected chi connectivity index (χ0v) is 21.3. The molecule has 0 saturated carbocycles. The number of benzene rings is 2. The molecule has 12 heteroatoms. The van der Waals surface area contributed by atoms with Crippen LogP contribution in [-0.4, -0.2) is 65.6 Å². The molecule has 35 heavy (non-hydrogen) atoms. The highest BCUT2D eigenvalue weighted by molar-refractivity contribution is 7.92. The number of hydrogen-bond donors (Lipinski definition) is 1. The van der Waals surface area contributed by atoms with E-state index in [4.69, 9.17) is 4.74 Å². The number of piperidine rings is 1. The highest BCUT2D eigenvalue weighted by Crippen LogP contribution is 2.23. The lowest BCUT2D eigenvalue weighted by molar-refractivity contribution is -0.121. The zero-order chi connectivity index (χ0) is 25.6. The van der Waals surface area contributed by atoms with Crippen LogP contribution >= 0.6 is 0 Å². The summed E-state index contributed by atoms with van der Waals surface area (Å²) >= 11 is 0. The Balaban J connectivity index is 1.54. The summed E-state index contributed by atoms with van der Waals surface area (Å²) in [6.45, 7) is 2.61. The molecule has 192 valence electrons. The Morgan fingerprint density at radius 2 is 1.74 bits per heavy atom. The topological polar surface area (TPSA) is 113 Å². The predicted molar refractivity (Wildman–Crippen MR) is 131 cm³/mol. The van der Waals surface area contributed by atoms with Crippen molar-refractivity contribution < 1.29 is 30.8 Å². The van der Waals surface area contributed by atoms with Gasteiger partial charge in [0.25, 0.3) is 0 Å². The molecule has 1 saturated heterocycles. The number of carbonyl (C=O) groups is 1. The van der Waals surface area contributed by atoms with Gasteiger partial charge in [-0.05, 0) is 62.2 Å². The van der Waals surface area contributed by atoms with Crippen LogP contribution in [0.25, 0.3) is 0 Å². The monoisotopic (exact) mass is 527 g/mol. The van der Waals surface area contributed by atoms with E-state index in [1.807, 2.05) is 0 Å². The lowest BCUT2D eigenvalue weighted by atomic mass is 10.2. The zero-order valence-electron chi connectivity index (χ0n) is 19.7. The molecule has 1 N–H and O–H groups in total. The summed E-state index contributed by atoms with van der Waals surface area (Å²) in [4.78, 5) is 12.8. The minimum absolute atomic E-state index is 0.0472. The molecule has 1 fully saturated rings. The third kappa shape index (κ3) is 6.92. The van der Waals surface area contributed by atoms with Gasteiger partial charge in [-0.15, -0.1) is 0 Å². The van der Waals surface area contributed by atoms with E-state index in [1.54, 1.807) is 12.1 Å². The fourth-order valence-electron chi connectivity index (χ4n) is 3.87. The third-order valence-corrected chi connectivity index (χ3v) is 8.75. The van der Waals surface area contributed by atoms with Crippen LogP contribution in [0.2, 0.25) is 0 Å². The number of amides is 1. The molecule has 2 aromatic rings.